The summed E-state index contributed by atoms with van der Waals surface area (Å²) in [5.74, 6) is 1.57. The highest BCUT2D eigenvalue weighted by molar-refractivity contribution is 8.00. The molecule has 1 amide bonds. The van der Waals surface area contributed by atoms with Gasteiger partial charge in [0, 0.05) is 12.1 Å². The Hall–Kier alpha value is -1.85. The molecule has 0 aromatic heterocycles. The Morgan fingerprint density at radius 1 is 1.20 bits per heavy atom. The van der Waals surface area contributed by atoms with Crippen LogP contribution in [0, 0.1) is 0 Å². The highest BCUT2D eigenvalue weighted by atomic mass is 35.5. The molecule has 1 atom stereocenters. The van der Waals surface area contributed by atoms with Crippen molar-refractivity contribution in [2.24, 2.45) is 0 Å². The molecule has 25 heavy (non-hydrogen) atoms. The van der Waals surface area contributed by atoms with E-state index < -0.39 is 0 Å². The van der Waals surface area contributed by atoms with Crippen LogP contribution in [0.3, 0.4) is 0 Å². The standard InChI is InChI=1S/C19H22ClNO3S/c1-14(25-18-7-5-4-6-17(18)23-3)19(22)21(2)12-13-24-16-10-8-15(20)9-11-16/h4-11,14H,12-13H2,1-3H3. The van der Waals surface area contributed by atoms with Crippen molar-refractivity contribution in [1.82, 2.24) is 4.90 Å². The summed E-state index contributed by atoms with van der Waals surface area (Å²) < 4.78 is 11.0. The van der Waals surface area contributed by atoms with Gasteiger partial charge in [0.1, 0.15) is 18.1 Å². The molecular weight excluding hydrogens is 358 g/mol. The first-order valence-electron chi connectivity index (χ1n) is 7.94. The largest absolute Gasteiger partial charge is 0.496 e. The van der Waals surface area contributed by atoms with Crippen molar-refractivity contribution in [3.63, 3.8) is 0 Å². The van der Waals surface area contributed by atoms with Gasteiger partial charge in [-0.1, -0.05) is 23.7 Å². The lowest BCUT2D eigenvalue weighted by Gasteiger charge is -2.21. The Morgan fingerprint density at radius 2 is 1.88 bits per heavy atom. The van der Waals surface area contributed by atoms with Gasteiger partial charge in [0.05, 0.1) is 23.8 Å². The van der Waals surface area contributed by atoms with Crippen molar-refractivity contribution in [3.8, 4) is 11.5 Å². The molecule has 2 aromatic rings. The summed E-state index contributed by atoms with van der Waals surface area (Å²) in [6.07, 6.45) is 0. The van der Waals surface area contributed by atoms with Crippen LogP contribution in [-0.2, 0) is 4.79 Å². The number of hydrogen-bond donors (Lipinski definition) is 0. The highest BCUT2D eigenvalue weighted by Crippen LogP contribution is 2.32. The molecule has 2 aromatic carbocycles. The first-order chi connectivity index (χ1) is 12.0. The number of carbonyl (C=O) groups excluding carboxylic acids is 1. The molecule has 0 radical (unpaired) electrons. The molecule has 0 fully saturated rings. The van der Waals surface area contributed by atoms with Gasteiger partial charge in [-0.05, 0) is 43.3 Å². The number of rotatable bonds is 8. The number of para-hydroxylation sites is 1. The monoisotopic (exact) mass is 379 g/mol. The SMILES string of the molecule is COc1ccccc1SC(C)C(=O)N(C)CCOc1ccc(Cl)cc1. The highest BCUT2D eigenvalue weighted by Gasteiger charge is 2.20. The molecule has 0 saturated heterocycles. The quantitative estimate of drug-likeness (QED) is 0.638. The molecule has 2 rings (SSSR count). The van der Waals surface area contributed by atoms with Crippen molar-refractivity contribution in [2.45, 2.75) is 17.1 Å². The van der Waals surface area contributed by atoms with Gasteiger partial charge >= 0.3 is 0 Å². The van der Waals surface area contributed by atoms with Gasteiger partial charge in [0.25, 0.3) is 0 Å². The van der Waals surface area contributed by atoms with E-state index in [4.69, 9.17) is 21.1 Å². The molecule has 0 heterocycles. The molecule has 0 aliphatic rings. The number of likely N-dealkylation sites (N-methyl/N-ethyl adjacent to an activating group) is 1. The zero-order chi connectivity index (χ0) is 18.2. The summed E-state index contributed by atoms with van der Waals surface area (Å²) in [6, 6.07) is 14.9. The topological polar surface area (TPSA) is 38.8 Å². The zero-order valence-electron chi connectivity index (χ0n) is 14.6. The van der Waals surface area contributed by atoms with E-state index in [1.807, 2.05) is 43.3 Å². The van der Waals surface area contributed by atoms with Crippen LogP contribution in [0.1, 0.15) is 6.92 Å². The number of halogens is 1. The third-order valence-corrected chi connectivity index (χ3v) is 5.00. The lowest BCUT2D eigenvalue weighted by Crippen LogP contribution is -2.36. The average molecular weight is 380 g/mol. The molecule has 4 nitrogen and oxygen atoms in total. The Balaban J connectivity index is 1.83. The molecule has 0 N–H and O–H groups in total. The lowest BCUT2D eigenvalue weighted by atomic mass is 10.3. The van der Waals surface area contributed by atoms with Gasteiger partial charge < -0.3 is 14.4 Å². The number of nitrogens with zero attached hydrogens (tertiary/aromatic N) is 1. The molecule has 134 valence electrons. The van der Waals surface area contributed by atoms with Crippen molar-refractivity contribution in [3.05, 3.63) is 53.6 Å². The van der Waals surface area contributed by atoms with Gasteiger partial charge in [0.2, 0.25) is 5.91 Å². The number of methoxy groups -OCH3 is 1. The summed E-state index contributed by atoms with van der Waals surface area (Å²) in [4.78, 5) is 15.2. The molecule has 0 bridgehead atoms. The Morgan fingerprint density at radius 3 is 2.56 bits per heavy atom. The maximum atomic E-state index is 12.5. The predicted octanol–water partition coefficient (Wildman–Crippen LogP) is 4.37. The fourth-order valence-electron chi connectivity index (χ4n) is 2.21. The summed E-state index contributed by atoms with van der Waals surface area (Å²) >= 11 is 7.33. The van der Waals surface area contributed by atoms with Gasteiger partial charge in [-0.2, -0.15) is 0 Å². The molecule has 0 spiro atoms. The molecule has 6 heteroatoms. The lowest BCUT2D eigenvalue weighted by molar-refractivity contribution is -0.129. The van der Waals surface area contributed by atoms with E-state index >= 15 is 0 Å². The maximum Gasteiger partial charge on any atom is 0.235 e. The average Bonchev–Trinajstić information content (AvgIpc) is 2.63. The molecule has 0 aliphatic carbocycles. The van der Waals surface area contributed by atoms with Crippen LogP contribution in [0.5, 0.6) is 11.5 Å². The minimum absolute atomic E-state index is 0.0515. The number of ether oxygens (including phenoxy) is 2. The van der Waals surface area contributed by atoms with E-state index in [2.05, 4.69) is 0 Å². The second-order valence-corrected chi connectivity index (χ2v) is 7.29. The van der Waals surface area contributed by atoms with Crippen LogP contribution in [0.4, 0.5) is 0 Å². The first-order valence-corrected chi connectivity index (χ1v) is 9.20. The summed E-state index contributed by atoms with van der Waals surface area (Å²) in [5, 5.41) is 0.457. The van der Waals surface area contributed by atoms with Crippen LogP contribution in [0.2, 0.25) is 5.02 Å². The summed E-state index contributed by atoms with van der Waals surface area (Å²) in [7, 11) is 3.42. The van der Waals surface area contributed by atoms with Crippen molar-refractivity contribution < 1.29 is 14.3 Å². The number of hydrogen-bond acceptors (Lipinski definition) is 4. The molecule has 0 saturated carbocycles. The Labute approximate surface area is 158 Å². The number of benzene rings is 2. The number of thioether (sulfide) groups is 1. The van der Waals surface area contributed by atoms with E-state index in [0.29, 0.717) is 18.2 Å². The van der Waals surface area contributed by atoms with Gasteiger partial charge in [-0.3, -0.25) is 4.79 Å². The first kappa shape index (κ1) is 19.5. The second-order valence-electron chi connectivity index (χ2n) is 5.47. The zero-order valence-corrected chi connectivity index (χ0v) is 16.1. The summed E-state index contributed by atoms with van der Waals surface area (Å²) in [5.41, 5.74) is 0. The molecular formula is C19H22ClNO3S. The van der Waals surface area contributed by atoms with Crippen LogP contribution >= 0.6 is 23.4 Å². The van der Waals surface area contributed by atoms with E-state index in [9.17, 15) is 4.79 Å². The fraction of sp³-hybridized carbons (Fsp3) is 0.316. The van der Waals surface area contributed by atoms with E-state index in [0.717, 1.165) is 16.4 Å². The smallest absolute Gasteiger partial charge is 0.235 e. The van der Waals surface area contributed by atoms with Gasteiger partial charge in [-0.25, -0.2) is 0 Å². The van der Waals surface area contributed by atoms with Crippen molar-refractivity contribution in [2.75, 3.05) is 27.3 Å². The predicted molar refractivity (Wildman–Crippen MR) is 103 cm³/mol. The minimum Gasteiger partial charge on any atom is -0.496 e. The third kappa shape index (κ3) is 5.87. The maximum absolute atomic E-state index is 12.5. The van der Waals surface area contributed by atoms with Crippen LogP contribution in [-0.4, -0.2) is 43.4 Å². The van der Waals surface area contributed by atoms with Crippen molar-refractivity contribution >= 4 is 29.3 Å². The van der Waals surface area contributed by atoms with E-state index in [1.165, 1.54) is 11.8 Å². The minimum atomic E-state index is -0.211. The van der Waals surface area contributed by atoms with Crippen LogP contribution < -0.4 is 9.47 Å². The van der Waals surface area contributed by atoms with Crippen LogP contribution in [0.25, 0.3) is 0 Å². The Bertz CT molecular complexity index is 693. The van der Waals surface area contributed by atoms with Crippen LogP contribution in [0.15, 0.2) is 53.4 Å². The number of amides is 1. The van der Waals surface area contributed by atoms with Gasteiger partial charge in [0.15, 0.2) is 0 Å². The van der Waals surface area contributed by atoms with Gasteiger partial charge in [-0.15, -0.1) is 11.8 Å². The molecule has 1 unspecified atom stereocenters. The third-order valence-electron chi connectivity index (χ3n) is 3.61. The van der Waals surface area contributed by atoms with Crippen molar-refractivity contribution in [1.29, 1.82) is 0 Å². The normalized spacial score (nSPS) is 11.7. The summed E-state index contributed by atoms with van der Waals surface area (Å²) in [6.45, 7) is 2.84. The van der Waals surface area contributed by atoms with E-state index in [1.54, 1.807) is 31.2 Å². The van der Waals surface area contributed by atoms with E-state index in [-0.39, 0.29) is 11.2 Å². The molecule has 0 aliphatic heterocycles. The number of carbonyl (C=O) groups is 1. The second kappa shape index (κ2) is 9.59. The fourth-order valence-corrected chi connectivity index (χ4v) is 3.42. The Kier molecular flexibility index (Phi) is 7.47.